The zero-order chi connectivity index (χ0) is 31.7. The van der Waals surface area contributed by atoms with E-state index in [0.717, 1.165) is 61.7 Å². The Hall–Kier alpha value is -3.67. The molecule has 3 rings (SSSR count). The van der Waals surface area contributed by atoms with Crippen LogP contribution in [-0.2, 0) is 4.74 Å². The second-order valence-corrected chi connectivity index (χ2v) is 11.6. The third kappa shape index (κ3) is 11.4. The SMILES string of the molecule is CCCCCCCCCOc1ccc(-c2ccc(C(=O)Oc3ccc(C(=O)OC(C)CCC(CC)CC)c(F)c3)cc2)cc1. The summed E-state index contributed by atoms with van der Waals surface area (Å²) in [4.78, 5) is 25.2. The van der Waals surface area contributed by atoms with Crippen LogP contribution in [-0.4, -0.2) is 24.6 Å². The van der Waals surface area contributed by atoms with E-state index in [1.807, 2.05) is 43.3 Å². The largest absolute Gasteiger partial charge is 0.494 e. The summed E-state index contributed by atoms with van der Waals surface area (Å²) in [7, 11) is 0. The molecular formula is C38H49FO5. The molecule has 0 fully saturated rings. The van der Waals surface area contributed by atoms with Crippen LogP contribution in [0.25, 0.3) is 11.1 Å². The predicted molar refractivity (Wildman–Crippen MR) is 175 cm³/mol. The zero-order valence-corrected chi connectivity index (χ0v) is 26.9. The lowest BCUT2D eigenvalue weighted by Crippen LogP contribution is -2.17. The van der Waals surface area contributed by atoms with Gasteiger partial charge >= 0.3 is 11.9 Å². The number of hydrogen-bond acceptors (Lipinski definition) is 5. The molecule has 1 atom stereocenters. The van der Waals surface area contributed by atoms with Gasteiger partial charge in [-0.05, 0) is 79.6 Å². The third-order valence-corrected chi connectivity index (χ3v) is 8.14. The molecule has 0 radical (unpaired) electrons. The molecule has 0 aliphatic rings. The van der Waals surface area contributed by atoms with Crippen LogP contribution in [0.15, 0.2) is 66.7 Å². The molecular weight excluding hydrogens is 555 g/mol. The molecule has 5 nitrogen and oxygen atoms in total. The minimum atomic E-state index is -0.794. The lowest BCUT2D eigenvalue weighted by Gasteiger charge is -2.17. The average molecular weight is 605 g/mol. The van der Waals surface area contributed by atoms with Crippen molar-refractivity contribution in [2.45, 2.75) is 104 Å². The van der Waals surface area contributed by atoms with Crippen molar-refractivity contribution in [1.29, 1.82) is 0 Å². The first-order valence-corrected chi connectivity index (χ1v) is 16.4. The van der Waals surface area contributed by atoms with E-state index in [1.165, 1.54) is 50.7 Å². The smallest absolute Gasteiger partial charge is 0.343 e. The van der Waals surface area contributed by atoms with E-state index in [1.54, 1.807) is 12.1 Å². The standard InChI is InChI=1S/C38H49FO5/c1-5-8-9-10-11-12-13-26-42-33-22-20-31(21-23-33)30-16-18-32(19-17-30)37(40)44-34-24-25-35(36(39)27-34)38(41)43-28(4)14-15-29(6-2)7-3/h16-25,27-29H,5-15,26H2,1-4H3. The van der Waals surface area contributed by atoms with Gasteiger partial charge in [-0.15, -0.1) is 0 Å². The highest BCUT2D eigenvalue weighted by Gasteiger charge is 2.19. The van der Waals surface area contributed by atoms with Gasteiger partial charge in [-0.25, -0.2) is 14.0 Å². The molecule has 0 heterocycles. The number of unbranched alkanes of at least 4 members (excludes halogenated alkanes) is 6. The summed E-state index contributed by atoms with van der Waals surface area (Å²) in [6, 6.07) is 18.7. The van der Waals surface area contributed by atoms with Crippen molar-refractivity contribution >= 4 is 11.9 Å². The molecule has 0 N–H and O–H groups in total. The fourth-order valence-corrected chi connectivity index (χ4v) is 5.15. The monoisotopic (exact) mass is 604 g/mol. The molecule has 3 aromatic carbocycles. The minimum Gasteiger partial charge on any atom is -0.494 e. The first-order valence-electron chi connectivity index (χ1n) is 16.4. The molecule has 238 valence electrons. The van der Waals surface area contributed by atoms with Gasteiger partial charge in [0.15, 0.2) is 0 Å². The molecule has 0 aliphatic carbocycles. The summed E-state index contributed by atoms with van der Waals surface area (Å²) >= 11 is 0. The predicted octanol–water partition coefficient (Wildman–Crippen LogP) is 10.6. The molecule has 1 unspecified atom stereocenters. The van der Waals surface area contributed by atoms with Crippen LogP contribution >= 0.6 is 0 Å². The Labute approximate surface area is 263 Å². The molecule has 6 heteroatoms. The highest BCUT2D eigenvalue weighted by Crippen LogP contribution is 2.25. The first kappa shape index (κ1) is 34.8. The van der Waals surface area contributed by atoms with Crippen LogP contribution in [0.4, 0.5) is 4.39 Å². The highest BCUT2D eigenvalue weighted by molar-refractivity contribution is 5.92. The summed E-state index contributed by atoms with van der Waals surface area (Å²) in [6.07, 6.45) is 12.3. The number of halogens is 1. The van der Waals surface area contributed by atoms with Gasteiger partial charge in [-0.2, -0.15) is 0 Å². The quantitative estimate of drug-likeness (QED) is 0.0774. The van der Waals surface area contributed by atoms with Crippen LogP contribution in [0.5, 0.6) is 11.5 Å². The normalized spacial score (nSPS) is 11.8. The number of ether oxygens (including phenoxy) is 3. The highest BCUT2D eigenvalue weighted by atomic mass is 19.1. The second-order valence-electron chi connectivity index (χ2n) is 11.6. The minimum absolute atomic E-state index is 0.0157. The van der Waals surface area contributed by atoms with E-state index in [-0.39, 0.29) is 17.4 Å². The van der Waals surface area contributed by atoms with Crippen LogP contribution in [0.2, 0.25) is 0 Å². The summed E-state index contributed by atoms with van der Waals surface area (Å²) in [6.45, 7) is 9.08. The fourth-order valence-electron chi connectivity index (χ4n) is 5.15. The van der Waals surface area contributed by atoms with Crippen molar-refractivity contribution in [3.05, 3.63) is 83.7 Å². The van der Waals surface area contributed by atoms with Gasteiger partial charge in [0.2, 0.25) is 0 Å². The maximum absolute atomic E-state index is 14.8. The maximum Gasteiger partial charge on any atom is 0.343 e. The Kier molecular flexibility index (Phi) is 14.9. The van der Waals surface area contributed by atoms with Gasteiger partial charge in [0.1, 0.15) is 17.3 Å². The van der Waals surface area contributed by atoms with Crippen molar-refractivity contribution in [2.24, 2.45) is 5.92 Å². The van der Waals surface area contributed by atoms with E-state index < -0.39 is 17.8 Å². The summed E-state index contributed by atoms with van der Waals surface area (Å²) < 4.78 is 31.5. The molecule has 0 spiro atoms. The molecule has 0 aromatic heterocycles. The first-order chi connectivity index (χ1) is 21.3. The third-order valence-electron chi connectivity index (χ3n) is 8.14. The number of hydrogen-bond donors (Lipinski definition) is 0. The lowest BCUT2D eigenvalue weighted by molar-refractivity contribution is 0.0305. The van der Waals surface area contributed by atoms with Crippen LogP contribution < -0.4 is 9.47 Å². The van der Waals surface area contributed by atoms with Gasteiger partial charge in [0.05, 0.1) is 23.8 Å². The number of carbonyl (C=O) groups excluding carboxylic acids is 2. The van der Waals surface area contributed by atoms with E-state index >= 15 is 0 Å². The van der Waals surface area contributed by atoms with Crippen LogP contribution in [0, 0.1) is 11.7 Å². The number of carbonyl (C=O) groups is 2. The molecule has 0 saturated carbocycles. The Morgan fingerprint density at radius 1 is 0.705 bits per heavy atom. The van der Waals surface area contributed by atoms with E-state index in [9.17, 15) is 14.0 Å². The van der Waals surface area contributed by atoms with Crippen molar-refractivity contribution < 1.29 is 28.2 Å². The molecule has 44 heavy (non-hydrogen) atoms. The van der Waals surface area contributed by atoms with Gasteiger partial charge < -0.3 is 14.2 Å². The maximum atomic E-state index is 14.8. The van der Waals surface area contributed by atoms with Crippen LogP contribution in [0.3, 0.4) is 0 Å². The van der Waals surface area contributed by atoms with Crippen molar-refractivity contribution in [2.75, 3.05) is 6.61 Å². The molecule has 0 aliphatic heterocycles. The summed E-state index contributed by atoms with van der Waals surface area (Å²) in [5.41, 5.74) is 2.10. The number of benzene rings is 3. The number of esters is 2. The van der Waals surface area contributed by atoms with Crippen molar-refractivity contribution in [3.8, 4) is 22.6 Å². The number of rotatable bonds is 19. The zero-order valence-electron chi connectivity index (χ0n) is 26.9. The van der Waals surface area contributed by atoms with E-state index in [2.05, 4.69) is 20.8 Å². The molecule has 0 saturated heterocycles. The van der Waals surface area contributed by atoms with Gasteiger partial charge in [-0.3, -0.25) is 0 Å². The van der Waals surface area contributed by atoms with Crippen LogP contribution in [0.1, 0.15) is 119 Å². The Morgan fingerprint density at radius 3 is 1.91 bits per heavy atom. The second kappa shape index (κ2) is 18.9. The molecule has 3 aromatic rings. The van der Waals surface area contributed by atoms with Gasteiger partial charge in [0.25, 0.3) is 0 Å². The van der Waals surface area contributed by atoms with Gasteiger partial charge in [-0.1, -0.05) is 96.4 Å². The lowest BCUT2D eigenvalue weighted by atomic mass is 9.96. The van der Waals surface area contributed by atoms with Crippen molar-refractivity contribution in [1.82, 2.24) is 0 Å². The summed E-state index contributed by atoms with van der Waals surface area (Å²) in [5, 5.41) is 0. The fraction of sp³-hybridized carbons (Fsp3) is 0.474. The van der Waals surface area contributed by atoms with E-state index in [4.69, 9.17) is 14.2 Å². The molecule has 0 bridgehead atoms. The van der Waals surface area contributed by atoms with Gasteiger partial charge in [0, 0.05) is 6.07 Å². The van der Waals surface area contributed by atoms with E-state index in [0.29, 0.717) is 11.5 Å². The Morgan fingerprint density at radius 2 is 1.30 bits per heavy atom. The Bertz CT molecular complexity index is 1280. The Balaban J connectivity index is 1.47. The summed E-state index contributed by atoms with van der Waals surface area (Å²) in [5.74, 6) is -0.678. The topological polar surface area (TPSA) is 61.8 Å². The van der Waals surface area contributed by atoms with Crippen molar-refractivity contribution in [3.63, 3.8) is 0 Å². The average Bonchev–Trinajstić information content (AvgIpc) is 3.03. The molecule has 0 amide bonds.